The van der Waals surface area contributed by atoms with E-state index in [1.54, 1.807) is 6.08 Å². The van der Waals surface area contributed by atoms with E-state index in [1.807, 2.05) is 13.8 Å². The van der Waals surface area contributed by atoms with Crippen LogP contribution in [0.4, 0.5) is 0 Å². The van der Waals surface area contributed by atoms with E-state index in [2.05, 4.69) is 17.4 Å². The number of esters is 1. The van der Waals surface area contributed by atoms with Crippen LogP contribution in [-0.2, 0) is 9.53 Å². The lowest BCUT2D eigenvalue weighted by atomic mass is 10.2. The van der Waals surface area contributed by atoms with Crippen molar-refractivity contribution in [1.29, 1.82) is 0 Å². The zero-order chi connectivity index (χ0) is 8.20. The minimum absolute atomic E-state index is 0.256. The van der Waals surface area contributed by atoms with Gasteiger partial charge in [-0.15, -0.1) is 0 Å². The lowest BCUT2D eigenvalue weighted by Crippen LogP contribution is -2.06. The molecule has 0 amide bonds. The van der Waals surface area contributed by atoms with E-state index in [0.29, 0.717) is 0 Å². The molecule has 0 saturated carbocycles. The van der Waals surface area contributed by atoms with Gasteiger partial charge in [0.1, 0.15) is 0 Å². The maximum Gasteiger partial charge on any atom is 0.330 e. The average Bonchev–Trinajstić information content (AvgIpc) is 1.81. The first-order valence-electron chi connectivity index (χ1n) is 2.95. The van der Waals surface area contributed by atoms with Crippen molar-refractivity contribution in [2.45, 2.75) is 18.6 Å². The number of rotatable bonds is 2. The van der Waals surface area contributed by atoms with Crippen molar-refractivity contribution < 1.29 is 9.53 Å². The minimum atomic E-state index is -0.345. The van der Waals surface area contributed by atoms with Crippen molar-refractivity contribution in [2.24, 2.45) is 0 Å². The molecule has 0 rings (SSSR count). The molecule has 0 aliphatic heterocycles. The van der Waals surface area contributed by atoms with Crippen LogP contribution in [0, 0.1) is 0 Å². The van der Waals surface area contributed by atoms with E-state index in [4.69, 9.17) is 0 Å². The zero-order valence-corrected chi connectivity index (χ0v) is 7.31. The Morgan fingerprint density at radius 2 is 2.10 bits per heavy atom. The molecule has 0 aromatic heterocycles. The normalized spacial score (nSPS) is 12.0. The highest BCUT2D eigenvalue weighted by atomic mass is 32.1. The molecule has 0 spiro atoms. The molecule has 0 atom stereocenters. The SMILES string of the molecule is COC(=O)/C=C/C(C)(C)S. The van der Waals surface area contributed by atoms with E-state index in [0.717, 1.165) is 0 Å². The summed E-state index contributed by atoms with van der Waals surface area (Å²) in [5.74, 6) is -0.345. The average molecular weight is 160 g/mol. The van der Waals surface area contributed by atoms with Crippen molar-refractivity contribution in [2.75, 3.05) is 7.11 Å². The van der Waals surface area contributed by atoms with Crippen molar-refractivity contribution in [3.63, 3.8) is 0 Å². The molecule has 0 aliphatic carbocycles. The number of ether oxygens (including phenoxy) is 1. The lowest BCUT2D eigenvalue weighted by Gasteiger charge is -2.08. The minimum Gasteiger partial charge on any atom is -0.466 e. The first-order chi connectivity index (χ1) is 4.45. The smallest absolute Gasteiger partial charge is 0.330 e. The van der Waals surface area contributed by atoms with Crippen LogP contribution in [0.5, 0.6) is 0 Å². The largest absolute Gasteiger partial charge is 0.466 e. The molecule has 0 aromatic rings. The third kappa shape index (κ3) is 5.69. The van der Waals surface area contributed by atoms with Gasteiger partial charge in [-0.25, -0.2) is 4.79 Å². The number of hydrogen-bond donors (Lipinski definition) is 1. The second-order valence-corrected chi connectivity index (χ2v) is 3.66. The Balaban J connectivity index is 3.88. The van der Waals surface area contributed by atoms with Gasteiger partial charge < -0.3 is 4.74 Å². The topological polar surface area (TPSA) is 26.3 Å². The molecule has 0 saturated heterocycles. The fraction of sp³-hybridized carbons (Fsp3) is 0.571. The monoisotopic (exact) mass is 160 g/mol. The van der Waals surface area contributed by atoms with Crippen molar-refractivity contribution in [3.8, 4) is 0 Å². The Labute approximate surface area is 66.7 Å². The summed E-state index contributed by atoms with van der Waals surface area (Å²) in [6, 6.07) is 0. The second kappa shape index (κ2) is 3.66. The van der Waals surface area contributed by atoms with Crippen molar-refractivity contribution >= 4 is 18.6 Å². The van der Waals surface area contributed by atoms with Crippen LogP contribution in [0.3, 0.4) is 0 Å². The molecular formula is C7H12O2S. The predicted molar refractivity (Wildman–Crippen MR) is 44.2 cm³/mol. The van der Waals surface area contributed by atoms with Crippen molar-refractivity contribution in [3.05, 3.63) is 12.2 Å². The third-order valence-corrected chi connectivity index (χ3v) is 0.978. The molecule has 0 fully saturated rings. The van der Waals surface area contributed by atoms with Crippen LogP contribution in [0.15, 0.2) is 12.2 Å². The van der Waals surface area contributed by atoms with Gasteiger partial charge in [-0.05, 0) is 13.8 Å². The van der Waals surface area contributed by atoms with Crippen LogP contribution < -0.4 is 0 Å². The summed E-state index contributed by atoms with van der Waals surface area (Å²) in [5.41, 5.74) is 0. The molecule has 0 unspecified atom stereocenters. The summed E-state index contributed by atoms with van der Waals surface area (Å²) in [6.07, 6.45) is 3.05. The van der Waals surface area contributed by atoms with Gasteiger partial charge in [0, 0.05) is 10.8 Å². The highest BCUT2D eigenvalue weighted by Crippen LogP contribution is 2.12. The van der Waals surface area contributed by atoms with Gasteiger partial charge in [0.15, 0.2) is 0 Å². The molecule has 0 radical (unpaired) electrons. The number of methoxy groups -OCH3 is 1. The van der Waals surface area contributed by atoms with Crippen LogP contribution >= 0.6 is 12.6 Å². The Morgan fingerprint density at radius 1 is 1.60 bits per heavy atom. The Hall–Kier alpha value is -0.440. The molecular weight excluding hydrogens is 148 g/mol. The summed E-state index contributed by atoms with van der Waals surface area (Å²) >= 11 is 4.17. The van der Waals surface area contributed by atoms with Crippen LogP contribution in [0.2, 0.25) is 0 Å². The van der Waals surface area contributed by atoms with Gasteiger partial charge in [0.2, 0.25) is 0 Å². The van der Waals surface area contributed by atoms with E-state index >= 15 is 0 Å². The quantitative estimate of drug-likeness (QED) is 0.375. The Bertz CT molecular complexity index is 144. The first-order valence-corrected chi connectivity index (χ1v) is 3.40. The van der Waals surface area contributed by atoms with Gasteiger partial charge in [-0.2, -0.15) is 12.6 Å². The number of hydrogen-bond acceptors (Lipinski definition) is 3. The summed E-state index contributed by atoms with van der Waals surface area (Å²) in [7, 11) is 1.35. The zero-order valence-electron chi connectivity index (χ0n) is 6.42. The van der Waals surface area contributed by atoms with Gasteiger partial charge in [0.05, 0.1) is 7.11 Å². The van der Waals surface area contributed by atoms with Gasteiger partial charge in [-0.3, -0.25) is 0 Å². The third-order valence-electron chi connectivity index (χ3n) is 0.828. The first kappa shape index (κ1) is 9.56. The summed E-state index contributed by atoms with van der Waals surface area (Å²) in [5, 5.41) is 0. The molecule has 10 heavy (non-hydrogen) atoms. The number of thiol groups is 1. The van der Waals surface area contributed by atoms with E-state index in [-0.39, 0.29) is 10.7 Å². The maximum atomic E-state index is 10.5. The molecule has 0 heterocycles. The van der Waals surface area contributed by atoms with Crippen LogP contribution in [0.25, 0.3) is 0 Å². The molecule has 0 aliphatic rings. The van der Waals surface area contributed by atoms with Gasteiger partial charge in [-0.1, -0.05) is 6.08 Å². The Morgan fingerprint density at radius 3 is 2.40 bits per heavy atom. The van der Waals surface area contributed by atoms with E-state index < -0.39 is 0 Å². The maximum absolute atomic E-state index is 10.5. The Kier molecular flexibility index (Phi) is 3.50. The van der Waals surface area contributed by atoms with E-state index in [1.165, 1.54) is 13.2 Å². The lowest BCUT2D eigenvalue weighted by molar-refractivity contribution is -0.134. The fourth-order valence-corrected chi connectivity index (χ4v) is 0.415. The van der Waals surface area contributed by atoms with E-state index in [9.17, 15) is 4.79 Å². The summed E-state index contributed by atoms with van der Waals surface area (Å²) < 4.78 is 4.13. The van der Waals surface area contributed by atoms with Gasteiger partial charge >= 0.3 is 5.97 Å². The molecule has 0 N–H and O–H groups in total. The molecule has 0 bridgehead atoms. The summed E-state index contributed by atoms with van der Waals surface area (Å²) in [6.45, 7) is 3.77. The molecule has 3 heteroatoms. The van der Waals surface area contributed by atoms with Crippen LogP contribution in [0.1, 0.15) is 13.8 Å². The molecule has 58 valence electrons. The fourth-order valence-electron chi connectivity index (χ4n) is 0.340. The standard InChI is InChI=1S/C7H12O2S/c1-7(2,10)5-4-6(8)9-3/h4-5,10H,1-3H3/b5-4+. The highest BCUT2D eigenvalue weighted by molar-refractivity contribution is 7.82. The number of carbonyl (C=O) groups excluding carboxylic acids is 1. The van der Waals surface area contributed by atoms with Crippen molar-refractivity contribution in [1.82, 2.24) is 0 Å². The van der Waals surface area contributed by atoms with Crippen LogP contribution in [-0.4, -0.2) is 17.8 Å². The predicted octanol–water partition coefficient (Wildman–Crippen LogP) is 1.42. The van der Waals surface area contributed by atoms with Gasteiger partial charge in [0.25, 0.3) is 0 Å². The number of carbonyl (C=O) groups is 1. The molecule has 2 nitrogen and oxygen atoms in total. The highest BCUT2D eigenvalue weighted by Gasteiger charge is 2.05. The molecule has 0 aromatic carbocycles. The second-order valence-electron chi connectivity index (χ2n) is 2.51. The summed E-state index contributed by atoms with van der Waals surface area (Å²) in [4.78, 5) is 10.5.